The van der Waals surface area contributed by atoms with Crippen LogP contribution in [-0.2, 0) is 4.79 Å². The minimum atomic E-state index is -0.448. The Hall–Kier alpha value is -1.14. The van der Waals surface area contributed by atoms with Crippen molar-refractivity contribution in [2.75, 3.05) is 39.8 Å². The molecule has 0 aromatic carbocycles. The highest BCUT2D eigenvalue weighted by Gasteiger charge is 2.20. The van der Waals surface area contributed by atoms with Crippen LogP contribution >= 0.6 is 0 Å². The summed E-state index contributed by atoms with van der Waals surface area (Å²) in [5.41, 5.74) is 0. The molecule has 0 unspecified atom stereocenters. The van der Waals surface area contributed by atoms with E-state index in [0.29, 0.717) is 12.6 Å². The number of nitrogens with zero attached hydrogens (tertiary/aromatic N) is 2. The Morgan fingerprint density at radius 1 is 1.18 bits per heavy atom. The van der Waals surface area contributed by atoms with Crippen molar-refractivity contribution in [3.63, 3.8) is 0 Å². The maximum Gasteiger partial charge on any atom is 0.321 e. The molecule has 3 amide bonds. The van der Waals surface area contributed by atoms with Crippen molar-refractivity contribution in [1.82, 2.24) is 20.4 Å². The number of amides is 3. The minimum absolute atomic E-state index is 0.248. The zero-order valence-corrected chi connectivity index (χ0v) is 10.8. The summed E-state index contributed by atoms with van der Waals surface area (Å²) in [6.07, 6.45) is 0. The molecule has 1 fully saturated rings. The lowest BCUT2D eigenvalue weighted by Crippen LogP contribution is -2.52. The van der Waals surface area contributed by atoms with Crippen molar-refractivity contribution in [3.8, 4) is 0 Å². The van der Waals surface area contributed by atoms with E-state index in [1.54, 1.807) is 0 Å². The van der Waals surface area contributed by atoms with Crippen LogP contribution < -0.4 is 10.6 Å². The molecule has 0 aliphatic carbocycles. The topological polar surface area (TPSA) is 64.7 Å². The number of imide groups is 1. The molecule has 0 atom stereocenters. The molecule has 0 bridgehead atoms. The maximum atomic E-state index is 11.5. The lowest BCUT2D eigenvalue weighted by atomic mass is 10.2. The first kappa shape index (κ1) is 13.9. The SMILES string of the molecule is CNC(=O)NC(=O)CN1CCN(C(C)C)CC1. The van der Waals surface area contributed by atoms with Gasteiger partial charge in [0.1, 0.15) is 0 Å². The second-order valence-electron chi connectivity index (χ2n) is 4.53. The lowest BCUT2D eigenvalue weighted by molar-refractivity contribution is -0.121. The Morgan fingerprint density at radius 3 is 2.24 bits per heavy atom. The Bertz CT molecular complexity index is 273. The van der Waals surface area contributed by atoms with Crippen molar-refractivity contribution in [3.05, 3.63) is 0 Å². The Morgan fingerprint density at radius 2 is 1.76 bits per heavy atom. The number of hydrogen-bond donors (Lipinski definition) is 2. The van der Waals surface area contributed by atoms with Crippen LogP contribution in [0.25, 0.3) is 0 Å². The fourth-order valence-corrected chi connectivity index (χ4v) is 1.87. The molecule has 0 aromatic heterocycles. The minimum Gasteiger partial charge on any atom is -0.341 e. The van der Waals surface area contributed by atoms with Gasteiger partial charge in [-0.3, -0.25) is 19.9 Å². The highest BCUT2D eigenvalue weighted by Crippen LogP contribution is 2.04. The summed E-state index contributed by atoms with van der Waals surface area (Å²) in [6, 6.07) is 0.104. The third kappa shape index (κ3) is 4.70. The van der Waals surface area contributed by atoms with Gasteiger partial charge in [-0.05, 0) is 13.8 Å². The largest absolute Gasteiger partial charge is 0.341 e. The molecule has 0 spiro atoms. The molecule has 1 heterocycles. The molecule has 1 aliphatic rings. The van der Waals surface area contributed by atoms with Gasteiger partial charge in [0.15, 0.2) is 0 Å². The molecule has 2 N–H and O–H groups in total. The average molecular weight is 242 g/mol. The fraction of sp³-hybridized carbons (Fsp3) is 0.818. The number of carbonyl (C=O) groups excluding carboxylic acids is 2. The van der Waals surface area contributed by atoms with Gasteiger partial charge in [0.2, 0.25) is 5.91 Å². The van der Waals surface area contributed by atoms with Crippen LogP contribution in [0.4, 0.5) is 4.79 Å². The third-order valence-electron chi connectivity index (χ3n) is 2.98. The van der Waals surface area contributed by atoms with Gasteiger partial charge in [0.05, 0.1) is 6.54 Å². The number of hydrogen-bond acceptors (Lipinski definition) is 4. The number of nitrogens with one attached hydrogen (secondary N) is 2. The summed E-state index contributed by atoms with van der Waals surface area (Å²) >= 11 is 0. The predicted molar refractivity (Wildman–Crippen MR) is 65.7 cm³/mol. The molecular weight excluding hydrogens is 220 g/mol. The first-order valence-electron chi connectivity index (χ1n) is 6.01. The van der Waals surface area contributed by atoms with Crippen molar-refractivity contribution in [1.29, 1.82) is 0 Å². The van der Waals surface area contributed by atoms with E-state index < -0.39 is 6.03 Å². The summed E-state index contributed by atoms with van der Waals surface area (Å²) in [6.45, 7) is 8.34. The molecule has 0 saturated carbocycles. The molecule has 6 heteroatoms. The summed E-state index contributed by atoms with van der Waals surface area (Å²) < 4.78 is 0. The normalized spacial score (nSPS) is 18.1. The Balaban J connectivity index is 2.26. The number of carbonyl (C=O) groups is 2. The molecule has 17 heavy (non-hydrogen) atoms. The van der Waals surface area contributed by atoms with Crippen LogP contribution in [0.15, 0.2) is 0 Å². The number of piperazine rings is 1. The van der Waals surface area contributed by atoms with Gasteiger partial charge in [0.25, 0.3) is 0 Å². The van der Waals surface area contributed by atoms with Gasteiger partial charge in [-0.15, -0.1) is 0 Å². The van der Waals surface area contributed by atoms with E-state index in [2.05, 4.69) is 34.3 Å². The third-order valence-corrected chi connectivity index (χ3v) is 2.98. The van der Waals surface area contributed by atoms with Gasteiger partial charge in [0, 0.05) is 39.3 Å². The molecule has 0 radical (unpaired) electrons. The average Bonchev–Trinajstić information content (AvgIpc) is 2.29. The standard InChI is InChI=1S/C11H22N4O2/c1-9(2)15-6-4-14(5-7-15)8-10(16)13-11(17)12-3/h9H,4-8H2,1-3H3,(H2,12,13,16,17). The molecule has 0 aromatic rings. The summed E-state index contributed by atoms with van der Waals surface area (Å²) in [4.78, 5) is 26.9. The van der Waals surface area contributed by atoms with Gasteiger partial charge >= 0.3 is 6.03 Å². The molecule has 1 aliphatic heterocycles. The van der Waals surface area contributed by atoms with Crippen molar-refractivity contribution >= 4 is 11.9 Å². The highest BCUT2D eigenvalue weighted by molar-refractivity contribution is 5.95. The molecular formula is C11H22N4O2. The van der Waals surface area contributed by atoms with E-state index in [0.717, 1.165) is 26.2 Å². The summed E-state index contributed by atoms with van der Waals surface area (Å²) in [7, 11) is 1.49. The summed E-state index contributed by atoms with van der Waals surface area (Å²) in [5, 5.41) is 4.62. The van der Waals surface area contributed by atoms with E-state index in [1.807, 2.05) is 0 Å². The van der Waals surface area contributed by atoms with Crippen LogP contribution in [0.1, 0.15) is 13.8 Å². The van der Waals surface area contributed by atoms with Crippen molar-refractivity contribution in [2.24, 2.45) is 0 Å². The smallest absolute Gasteiger partial charge is 0.321 e. The number of urea groups is 1. The van der Waals surface area contributed by atoms with E-state index in [-0.39, 0.29) is 5.91 Å². The van der Waals surface area contributed by atoms with Gasteiger partial charge in [-0.1, -0.05) is 0 Å². The zero-order valence-electron chi connectivity index (χ0n) is 10.8. The zero-order chi connectivity index (χ0) is 12.8. The van der Waals surface area contributed by atoms with Crippen LogP contribution in [-0.4, -0.2) is 67.6 Å². The lowest BCUT2D eigenvalue weighted by Gasteiger charge is -2.36. The van der Waals surface area contributed by atoms with E-state index in [4.69, 9.17) is 0 Å². The van der Waals surface area contributed by atoms with E-state index in [1.165, 1.54) is 7.05 Å². The monoisotopic (exact) mass is 242 g/mol. The molecule has 1 rings (SSSR count). The van der Waals surface area contributed by atoms with E-state index >= 15 is 0 Å². The van der Waals surface area contributed by atoms with Gasteiger partial charge < -0.3 is 5.32 Å². The molecule has 6 nitrogen and oxygen atoms in total. The van der Waals surface area contributed by atoms with Crippen LogP contribution in [0.3, 0.4) is 0 Å². The van der Waals surface area contributed by atoms with Crippen LogP contribution in [0, 0.1) is 0 Å². The van der Waals surface area contributed by atoms with Gasteiger partial charge in [-0.25, -0.2) is 4.79 Å². The van der Waals surface area contributed by atoms with Crippen molar-refractivity contribution in [2.45, 2.75) is 19.9 Å². The highest BCUT2D eigenvalue weighted by atomic mass is 16.2. The van der Waals surface area contributed by atoms with E-state index in [9.17, 15) is 9.59 Å². The quantitative estimate of drug-likeness (QED) is 0.698. The Kier molecular flexibility index (Phi) is 5.37. The Labute approximate surface area is 102 Å². The van der Waals surface area contributed by atoms with Crippen LogP contribution in [0.2, 0.25) is 0 Å². The molecule has 1 saturated heterocycles. The first-order valence-corrected chi connectivity index (χ1v) is 6.01. The maximum absolute atomic E-state index is 11.5. The van der Waals surface area contributed by atoms with Crippen molar-refractivity contribution < 1.29 is 9.59 Å². The predicted octanol–water partition coefficient (Wildman–Crippen LogP) is -0.532. The first-order chi connectivity index (χ1) is 8.02. The summed E-state index contributed by atoms with van der Waals surface area (Å²) in [5.74, 6) is -0.248. The van der Waals surface area contributed by atoms with Gasteiger partial charge in [-0.2, -0.15) is 0 Å². The second kappa shape index (κ2) is 6.56. The van der Waals surface area contributed by atoms with Crippen LogP contribution in [0.5, 0.6) is 0 Å². The second-order valence-corrected chi connectivity index (χ2v) is 4.53. The molecule has 98 valence electrons. The fourth-order valence-electron chi connectivity index (χ4n) is 1.87. The number of rotatable bonds is 3.